The lowest BCUT2D eigenvalue weighted by molar-refractivity contribution is 0.0883. The van der Waals surface area contributed by atoms with Crippen LogP contribution in [0.4, 0.5) is 16.2 Å². The molecule has 0 radical (unpaired) electrons. The lowest BCUT2D eigenvalue weighted by Crippen LogP contribution is -2.44. The highest BCUT2D eigenvalue weighted by Gasteiger charge is 2.22. The molecule has 0 bridgehead atoms. The Balaban J connectivity index is 1.65. The van der Waals surface area contributed by atoms with E-state index in [1.165, 1.54) is 18.5 Å². The molecule has 2 aliphatic heterocycles. The Kier molecular flexibility index (Phi) is 4.52. The number of likely N-dealkylation sites (tertiary alicyclic amines) is 1. The first kappa shape index (κ1) is 15.2. The Morgan fingerprint density at radius 2 is 2.00 bits per heavy atom. The Bertz CT molecular complexity index is 541. The van der Waals surface area contributed by atoms with Crippen molar-refractivity contribution in [3.8, 4) is 0 Å². The number of carbonyl (C=O) groups is 1. The number of hydrogen-bond acceptors (Lipinski definition) is 3. The number of nitrogens with zero attached hydrogens (tertiary/aromatic N) is 2. The summed E-state index contributed by atoms with van der Waals surface area (Å²) in [6.07, 6.45) is 3.77. The summed E-state index contributed by atoms with van der Waals surface area (Å²) in [5.41, 5.74) is 3.17. The third-order valence-electron chi connectivity index (χ3n) is 4.61. The molecule has 3 rings (SSSR count). The van der Waals surface area contributed by atoms with Gasteiger partial charge < -0.3 is 20.2 Å². The average molecular weight is 303 g/mol. The number of benzene rings is 1. The minimum Gasteiger partial charge on any atom is -0.391 e. The van der Waals surface area contributed by atoms with Gasteiger partial charge >= 0.3 is 6.03 Å². The number of β-amino-alcohol motifs (C(OH)–C–C–N with tert-alkyl or cyclic N) is 1. The second-order valence-electron chi connectivity index (χ2n) is 6.37. The zero-order valence-corrected chi connectivity index (χ0v) is 13.2. The summed E-state index contributed by atoms with van der Waals surface area (Å²) in [5, 5.41) is 12.7. The summed E-state index contributed by atoms with van der Waals surface area (Å²) < 4.78 is 0. The van der Waals surface area contributed by atoms with Crippen molar-refractivity contribution in [3.63, 3.8) is 0 Å². The molecular weight excluding hydrogens is 278 g/mol. The number of carbonyl (C=O) groups excluding carboxylic acids is 1. The summed E-state index contributed by atoms with van der Waals surface area (Å²) in [6.45, 7) is 5.42. The highest BCUT2D eigenvalue weighted by molar-refractivity contribution is 5.90. The van der Waals surface area contributed by atoms with Crippen LogP contribution < -0.4 is 10.2 Å². The average Bonchev–Trinajstić information content (AvgIpc) is 3.03. The molecule has 5 nitrogen and oxygen atoms in total. The molecule has 2 saturated heterocycles. The maximum atomic E-state index is 12.3. The molecule has 1 unspecified atom stereocenters. The third kappa shape index (κ3) is 3.35. The van der Waals surface area contributed by atoms with E-state index in [0.29, 0.717) is 13.1 Å². The van der Waals surface area contributed by atoms with Crippen LogP contribution in [0.2, 0.25) is 0 Å². The Morgan fingerprint density at radius 1 is 1.23 bits per heavy atom. The van der Waals surface area contributed by atoms with E-state index in [1.807, 2.05) is 13.0 Å². The first-order valence-electron chi connectivity index (χ1n) is 8.23. The van der Waals surface area contributed by atoms with Crippen molar-refractivity contribution >= 4 is 17.4 Å². The van der Waals surface area contributed by atoms with Crippen LogP contribution in [0.15, 0.2) is 18.2 Å². The van der Waals surface area contributed by atoms with Gasteiger partial charge in [-0.05, 0) is 56.4 Å². The van der Waals surface area contributed by atoms with Gasteiger partial charge in [-0.1, -0.05) is 0 Å². The maximum Gasteiger partial charge on any atom is 0.321 e. The van der Waals surface area contributed by atoms with E-state index < -0.39 is 6.10 Å². The van der Waals surface area contributed by atoms with Crippen LogP contribution in [0, 0.1) is 6.92 Å². The van der Waals surface area contributed by atoms with Gasteiger partial charge in [0.25, 0.3) is 0 Å². The molecule has 0 saturated carbocycles. The van der Waals surface area contributed by atoms with Crippen molar-refractivity contribution < 1.29 is 9.90 Å². The predicted molar refractivity (Wildman–Crippen MR) is 88.5 cm³/mol. The SMILES string of the molecule is Cc1cc(N2CCCC2)ccc1NC(=O)N1CCCC(O)C1. The summed E-state index contributed by atoms with van der Waals surface area (Å²) in [5.74, 6) is 0. The smallest absolute Gasteiger partial charge is 0.321 e. The van der Waals surface area contributed by atoms with E-state index in [0.717, 1.165) is 37.2 Å². The Morgan fingerprint density at radius 3 is 2.68 bits per heavy atom. The second-order valence-corrected chi connectivity index (χ2v) is 6.37. The van der Waals surface area contributed by atoms with Crippen molar-refractivity contribution in [2.45, 2.75) is 38.7 Å². The number of hydrogen-bond donors (Lipinski definition) is 2. The van der Waals surface area contributed by atoms with Crippen LogP contribution in [0.25, 0.3) is 0 Å². The number of aliphatic hydroxyl groups excluding tert-OH is 1. The zero-order valence-electron chi connectivity index (χ0n) is 13.2. The van der Waals surface area contributed by atoms with Crippen LogP contribution in [0.3, 0.4) is 0 Å². The minimum atomic E-state index is -0.391. The number of anilines is 2. The van der Waals surface area contributed by atoms with E-state index in [4.69, 9.17) is 0 Å². The van der Waals surface area contributed by atoms with Crippen molar-refractivity contribution in [3.05, 3.63) is 23.8 Å². The fourth-order valence-corrected chi connectivity index (χ4v) is 3.29. The highest BCUT2D eigenvalue weighted by Crippen LogP contribution is 2.26. The van der Waals surface area contributed by atoms with Crippen molar-refractivity contribution in [1.82, 2.24) is 4.90 Å². The molecule has 120 valence electrons. The minimum absolute atomic E-state index is 0.115. The monoisotopic (exact) mass is 303 g/mol. The van der Waals surface area contributed by atoms with Crippen LogP contribution in [0.5, 0.6) is 0 Å². The van der Waals surface area contributed by atoms with Crippen molar-refractivity contribution in [2.24, 2.45) is 0 Å². The lowest BCUT2D eigenvalue weighted by atomic mass is 10.1. The lowest BCUT2D eigenvalue weighted by Gasteiger charge is -2.30. The molecule has 1 aromatic carbocycles. The topological polar surface area (TPSA) is 55.8 Å². The molecule has 2 N–H and O–H groups in total. The molecule has 22 heavy (non-hydrogen) atoms. The third-order valence-corrected chi connectivity index (χ3v) is 4.61. The van der Waals surface area contributed by atoms with E-state index in [2.05, 4.69) is 22.3 Å². The number of urea groups is 1. The Hall–Kier alpha value is -1.75. The quantitative estimate of drug-likeness (QED) is 0.883. The summed E-state index contributed by atoms with van der Waals surface area (Å²) in [4.78, 5) is 16.4. The summed E-state index contributed by atoms with van der Waals surface area (Å²) in [6, 6.07) is 6.10. The number of amides is 2. The number of rotatable bonds is 2. The molecular formula is C17H25N3O2. The summed E-state index contributed by atoms with van der Waals surface area (Å²) >= 11 is 0. The number of nitrogens with one attached hydrogen (secondary N) is 1. The second kappa shape index (κ2) is 6.57. The van der Waals surface area contributed by atoms with Gasteiger partial charge in [-0.15, -0.1) is 0 Å². The molecule has 1 atom stereocenters. The molecule has 0 spiro atoms. The van der Waals surface area contributed by atoms with Gasteiger partial charge in [-0.25, -0.2) is 4.79 Å². The van der Waals surface area contributed by atoms with Gasteiger partial charge in [0.1, 0.15) is 0 Å². The number of aliphatic hydroxyl groups is 1. The molecule has 2 fully saturated rings. The first-order valence-corrected chi connectivity index (χ1v) is 8.23. The molecule has 2 heterocycles. The van der Waals surface area contributed by atoms with Crippen LogP contribution >= 0.6 is 0 Å². The molecule has 2 amide bonds. The number of piperidine rings is 1. The fraction of sp³-hybridized carbons (Fsp3) is 0.588. The van der Waals surface area contributed by atoms with Crippen molar-refractivity contribution in [2.75, 3.05) is 36.4 Å². The standard InChI is InChI=1S/C17H25N3O2/c1-13-11-14(19-8-2-3-9-19)6-7-16(13)18-17(22)20-10-4-5-15(21)12-20/h6-7,11,15,21H,2-5,8-10,12H2,1H3,(H,18,22). The van der Waals surface area contributed by atoms with E-state index in [-0.39, 0.29) is 6.03 Å². The van der Waals surface area contributed by atoms with Gasteiger partial charge in [-0.3, -0.25) is 0 Å². The predicted octanol–water partition coefficient (Wildman–Crippen LogP) is 2.58. The van der Waals surface area contributed by atoms with Crippen molar-refractivity contribution in [1.29, 1.82) is 0 Å². The fourth-order valence-electron chi connectivity index (χ4n) is 3.29. The normalized spacial score (nSPS) is 22.0. The number of aryl methyl sites for hydroxylation is 1. The molecule has 0 aromatic heterocycles. The van der Waals surface area contributed by atoms with Gasteiger partial charge in [0.2, 0.25) is 0 Å². The van der Waals surface area contributed by atoms with Crippen LogP contribution in [-0.4, -0.2) is 48.3 Å². The molecule has 1 aromatic rings. The van der Waals surface area contributed by atoms with Gasteiger partial charge in [0.05, 0.1) is 6.10 Å². The van der Waals surface area contributed by atoms with E-state index in [1.54, 1.807) is 4.90 Å². The highest BCUT2D eigenvalue weighted by atomic mass is 16.3. The maximum absolute atomic E-state index is 12.3. The zero-order chi connectivity index (χ0) is 15.5. The molecule has 2 aliphatic rings. The molecule has 5 heteroatoms. The van der Waals surface area contributed by atoms with Gasteiger partial charge in [-0.2, -0.15) is 0 Å². The molecule has 0 aliphatic carbocycles. The van der Waals surface area contributed by atoms with Crippen LogP contribution in [0.1, 0.15) is 31.2 Å². The first-order chi connectivity index (χ1) is 10.6. The van der Waals surface area contributed by atoms with E-state index in [9.17, 15) is 9.90 Å². The van der Waals surface area contributed by atoms with E-state index >= 15 is 0 Å². The van der Waals surface area contributed by atoms with Gasteiger partial charge in [0.15, 0.2) is 0 Å². The summed E-state index contributed by atoms with van der Waals surface area (Å²) in [7, 11) is 0. The van der Waals surface area contributed by atoms with Gasteiger partial charge in [0, 0.05) is 37.6 Å². The Labute approximate surface area is 131 Å². The largest absolute Gasteiger partial charge is 0.391 e. The van der Waals surface area contributed by atoms with Crippen LogP contribution in [-0.2, 0) is 0 Å².